The van der Waals surface area contributed by atoms with Crippen molar-refractivity contribution in [1.29, 1.82) is 0 Å². The molecule has 188 valence electrons. The van der Waals surface area contributed by atoms with Crippen LogP contribution in [0.4, 0.5) is 0 Å². The predicted molar refractivity (Wildman–Crippen MR) is 113 cm³/mol. The second kappa shape index (κ2) is 16.3. The SMILES string of the molecule is CCCCCCCCCCC(=O)OC[C@H](CO[C@@H]1O[C@H](CO)[C@H](O)[C@H](O)[C@H]1O)OC(C)=O. The van der Waals surface area contributed by atoms with Crippen LogP contribution in [0.5, 0.6) is 0 Å². The number of carbonyl (C=O) groups is 2. The van der Waals surface area contributed by atoms with Crippen LogP contribution in [0.15, 0.2) is 0 Å². The van der Waals surface area contributed by atoms with Gasteiger partial charge in [-0.2, -0.15) is 0 Å². The second-order valence-electron chi connectivity index (χ2n) is 8.17. The van der Waals surface area contributed by atoms with E-state index in [1.54, 1.807) is 0 Å². The largest absolute Gasteiger partial charge is 0.462 e. The molecule has 0 aromatic carbocycles. The fourth-order valence-electron chi connectivity index (χ4n) is 3.42. The van der Waals surface area contributed by atoms with E-state index in [4.69, 9.17) is 18.9 Å². The fourth-order valence-corrected chi connectivity index (χ4v) is 3.42. The van der Waals surface area contributed by atoms with Gasteiger partial charge in [0.2, 0.25) is 0 Å². The smallest absolute Gasteiger partial charge is 0.305 e. The highest BCUT2D eigenvalue weighted by Gasteiger charge is 2.44. The minimum absolute atomic E-state index is 0.229. The summed E-state index contributed by atoms with van der Waals surface area (Å²) in [7, 11) is 0. The van der Waals surface area contributed by atoms with E-state index in [-0.39, 0.29) is 19.6 Å². The summed E-state index contributed by atoms with van der Waals surface area (Å²) >= 11 is 0. The Bertz CT molecular complexity index is 527. The molecule has 0 aliphatic carbocycles. The molecule has 1 rings (SSSR count). The second-order valence-corrected chi connectivity index (χ2v) is 8.17. The number of esters is 2. The van der Waals surface area contributed by atoms with Gasteiger partial charge in [-0.05, 0) is 6.42 Å². The number of carbonyl (C=O) groups excluding carboxylic acids is 2. The van der Waals surface area contributed by atoms with Crippen LogP contribution in [0.25, 0.3) is 0 Å². The minimum Gasteiger partial charge on any atom is -0.462 e. The van der Waals surface area contributed by atoms with Crippen LogP contribution in [0.2, 0.25) is 0 Å². The van der Waals surface area contributed by atoms with Crippen LogP contribution in [0, 0.1) is 0 Å². The fraction of sp³-hybridized carbons (Fsp3) is 0.909. The van der Waals surface area contributed by atoms with Crippen molar-refractivity contribution in [2.24, 2.45) is 0 Å². The van der Waals surface area contributed by atoms with E-state index >= 15 is 0 Å². The van der Waals surface area contributed by atoms with E-state index in [1.165, 1.54) is 39.0 Å². The zero-order chi connectivity index (χ0) is 23.9. The number of unbranched alkanes of at least 4 members (excludes halogenated alkanes) is 7. The summed E-state index contributed by atoms with van der Waals surface area (Å²) in [6.07, 6.45) is 1.07. The molecular weight excluding hydrogens is 424 g/mol. The Morgan fingerprint density at radius 2 is 1.53 bits per heavy atom. The van der Waals surface area contributed by atoms with Gasteiger partial charge in [0.1, 0.15) is 31.0 Å². The van der Waals surface area contributed by atoms with Gasteiger partial charge in [-0.15, -0.1) is 0 Å². The molecule has 1 saturated heterocycles. The van der Waals surface area contributed by atoms with Crippen LogP contribution in [0.3, 0.4) is 0 Å². The Labute approximate surface area is 189 Å². The zero-order valence-corrected chi connectivity index (χ0v) is 19.2. The van der Waals surface area contributed by atoms with Gasteiger partial charge in [-0.25, -0.2) is 0 Å². The van der Waals surface area contributed by atoms with Crippen molar-refractivity contribution in [2.75, 3.05) is 19.8 Å². The van der Waals surface area contributed by atoms with Gasteiger partial charge >= 0.3 is 11.9 Å². The number of aliphatic hydroxyl groups is 4. The van der Waals surface area contributed by atoms with Crippen LogP contribution in [-0.2, 0) is 28.5 Å². The number of rotatable bonds is 16. The summed E-state index contributed by atoms with van der Waals surface area (Å²) < 4.78 is 20.9. The topological polar surface area (TPSA) is 152 Å². The van der Waals surface area contributed by atoms with Crippen molar-refractivity contribution in [2.45, 2.75) is 108 Å². The molecule has 0 saturated carbocycles. The van der Waals surface area contributed by atoms with Crippen LogP contribution < -0.4 is 0 Å². The molecule has 0 unspecified atom stereocenters. The van der Waals surface area contributed by atoms with Crippen molar-refractivity contribution in [3.05, 3.63) is 0 Å². The highest BCUT2D eigenvalue weighted by Crippen LogP contribution is 2.22. The Balaban J connectivity index is 2.35. The molecule has 4 N–H and O–H groups in total. The average molecular weight is 465 g/mol. The molecule has 1 heterocycles. The van der Waals surface area contributed by atoms with Gasteiger partial charge in [0.05, 0.1) is 13.2 Å². The molecule has 6 atom stereocenters. The Hall–Kier alpha value is -1.30. The van der Waals surface area contributed by atoms with Gasteiger partial charge < -0.3 is 39.4 Å². The third-order valence-electron chi connectivity index (χ3n) is 5.29. The zero-order valence-electron chi connectivity index (χ0n) is 19.2. The summed E-state index contributed by atoms with van der Waals surface area (Å²) in [5, 5.41) is 38.8. The predicted octanol–water partition coefficient (Wildman–Crippen LogP) is 0.809. The monoisotopic (exact) mass is 464 g/mol. The third kappa shape index (κ3) is 11.0. The first-order valence-electron chi connectivity index (χ1n) is 11.5. The lowest BCUT2D eigenvalue weighted by molar-refractivity contribution is -0.305. The van der Waals surface area contributed by atoms with Crippen molar-refractivity contribution in [1.82, 2.24) is 0 Å². The van der Waals surface area contributed by atoms with Crippen molar-refractivity contribution >= 4 is 11.9 Å². The number of aliphatic hydroxyl groups excluding tert-OH is 4. The molecule has 0 bridgehead atoms. The quantitative estimate of drug-likeness (QED) is 0.191. The van der Waals surface area contributed by atoms with E-state index in [0.717, 1.165) is 19.3 Å². The van der Waals surface area contributed by atoms with Crippen molar-refractivity contribution in [3.8, 4) is 0 Å². The summed E-state index contributed by atoms with van der Waals surface area (Å²) in [5.41, 5.74) is 0. The van der Waals surface area contributed by atoms with E-state index in [1.807, 2.05) is 0 Å². The molecule has 0 radical (unpaired) electrons. The molecule has 1 aliphatic rings. The first-order chi connectivity index (χ1) is 15.3. The standard InChI is InChI=1S/C22H40O10/c1-3-4-5-6-7-8-9-10-11-18(25)29-13-16(31-15(2)24)14-30-22-21(28)20(27)19(26)17(12-23)32-22/h16-17,19-23,26-28H,3-14H2,1-2H3/t16-,17-,19+,20+,21-,22-/m1/s1. The Kier molecular flexibility index (Phi) is 14.7. The summed E-state index contributed by atoms with van der Waals surface area (Å²) in [5.74, 6) is -1.01. The molecular formula is C22H40O10. The van der Waals surface area contributed by atoms with Crippen LogP contribution in [-0.4, -0.2) is 89.0 Å². The molecule has 0 amide bonds. The molecule has 0 spiro atoms. The molecule has 1 fully saturated rings. The summed E-state index contributed by atoms with van der Waals surface area (Å²) in [6, 6.07) is 0. The molecule has 10 nitrogen and oxygen atoms in total. The minimum atomic E-state index is -1.58. The van der Waals surface area contributed by atoms with Crippen LogP contribution >= 0.6 is 0 Å². The van der Waals surface area contributed by atoms with E-state index < -0.39 is 55.4 Å². The normalized spacial score (nSPS) is 26.5. The van der Waals surface area contributed by atoms with Gasteiger partial charge in [0, 0.05) is 13.3 Å². The highest BCUT2D eigenvalue weighted by molar-refractivity contribution is 5.69. The average Bonchev–Trinajstić information content (AvgIpc) is 2.76. The molecule has 1 aliphatic heterocycles. The van der Waals surface area contributed by atoms with E-state index in [0.29, 0.717) is 0 Å². The number of ether oxygens (including phenoxy) is 4. The summed E-state index contributed by atoms with van der Waals surface area (Å²) in [6.45, 7) is 2.27. The molecule has 0 aromatic rings. The molecule has 10 heteroatoms. The lowest BCUT2D eigenvalue weighted by Crippen LogP contribution is -2.59. The van der Waals surface area contributed by atoms with Crippen molar-refractivity contribution < 1.29 is 49.0 Å². The maximum Gasteiger partial charge on any atom is 0.305 e. The third-order valence-corrected chi connectivity index (χ3v) is 5.29. The molecule has 0 aromatic heterocycles. The molecule has 32 heavy (non-hydrogen) atoms. The van der Waals surface area contributed by atoms with Crippen LogP contribution in [0.1, 0.15) is 71.6 Å². The first kappa shape index (κ1) is 28.7. The van der Waals surface area contributed by atoms with Gasteiger partial charge in [0.15, 0.2) is 12.4 Å². The number of hydrogen-bond donors (Lipinski definition) is 4. The Morgan fingerprint density at radius 1 is 0.906 bits per heavy atom. The summed E-state index contributed by atoms with van der Waals surface area (Å²) in [4.78, 5) is 23.3. The maximum atomic E-state index is 12.0. The lowest BCUT2D eigenvalue weighted by Gasteiger charge is -2.39. The van der Waals surface area contributed by atoms with Gasteiger partial charge in [-0.3, -0.25) is 9.59 Å². The highest BCUT2D eigenvalue weighted by atomic mass is 16.7. The van der Waals surface area contributed by atoms with E-state index in [2.05, 4.69) is 6.92 Å². The van der Waals surface area contributed by atoms with Gasteiger partial charge in [0.25, 0.3) is 0 Å². The van der Waals surface area contributed by atoms with Gasteiger partial charge in [-0.1, -0.05) is 51.9 Å². The first-order valence-corrected chi connectivity index (χ1v) is 11.5. The lowest BCUT2D eigenvalue weighted by atomic mass is 9.99. The maximum absolute atomic E-state index is 12.0. The Morgan fingerprint density at radius 3 is 2.12 bits per heavy atom. The van der Waals surface area contributed by atoms with Crippen molar-refractivity contribution in [3.63, 3.8) is 0 Å². The number of hydrogen-bond acceptors (Lipinski definition) is 10. The van der Waals surface area contributed by atoms with E-state index in [9.17, 15) is 30.0 Å².